The molecule has 21 heavy (non-hydrogen) atoms. The topological polar surface area (TPSA) is 78.0 Å². The molecule has 1 aromatic heterocycles. The van der Waals surface area contributed by atoms with Gasteiger partial charge in [-0.15, -0.1) is 0 Å². The Kier molecular flexibility index (Phi) is 5.25. The van der Waals surface area contributed by atoms with Crippen LogP contribution in [-0.2, 0) is 4.79 Å². The van der Waals surface area contributed by atoms with E-state index in [2.05, 4.69) is 21.4 Å². The van der Waals surface area contributed by atoms with Gasteiger partial charge in [-0.25, -0.2) is 4.98 Å². The molecule has 0 aliphatic heterocycles. The Balaban J connectivity index is 1.93. The smallest absolute Gasteiger partial charge is 0.320 e. The minimum absolute atomic E-state index is 0.158. The molecule has 1 atom stereocenters. The van der Waals surface area contributed by atoms with E-state index in [1.165, 1.54) is 5.56 Å². The molecule has 2 rings (SSSR count). The van der Waals surface area contributed by atoms with Gasteiger partial charge in [0.1, 0.15) is 6.04 Å². The number of carboxylic acid groups (broad SMARTS) is 1. The van der Waals surface area contributed by atoms with Gasteiger partial charge in [0.2, 0.25) is 0 Å². The number of hydrogen-bond donors (Lipinski definition) is 3. The Bertz CT molecular complexity index is 624. The predicted octanol–water partition coefficient (Wildman–Crippen LogP) is 2.80. The van der Waals surface area contributed by atoms with Crippen molar-refractivity contribution in [2.24, 2.45) is 0 Å². The fraction of sp³-hybridized carbons (Fsp3) is 0.467. The van der Waals surface area contributed by atoms with Crippen molar-refractivity contribution in [3.8, 4) is 0 Å². The van der Waals surface area contributed by atoms with Gasteiger partial charge < -0.3 is 15.4 Å². The van der Waals surface area contributed by atoms with Crippen LogP contribution in [0.5, 0.6) is 0 Å². The molecule has 5 nitrogen and oxygen atoms in total. The van der Waals surface area contributed by atoms with Crippen molar-refractivity contribution in [1.82, 2.24) is 15.3 Å². The molecule has 3 N–H and O–H groups in total. The van der Waals surface area contributed by atoms with Crippen LogP contribution in [0, 0.1) is 6.92 Å². The molecular weight excluding hydrogens is 286 g/mol. The number of fused-ring (bicyclic) bond motifs is 1. The van der Waals surface area contributed by atoms with Gasteiger partial charge in [0.05, 0.1) is 11.0 Å². The standard InChI is InChI=1S/C15H21N3O2S/c1-9(2)16-12(14(19)20)6-7-21-15-17-11-5-4-10(3)8-13(11)18-15/h4-5,8-9,12,16H,6-7H2,1-3H3,(H,17,18)(H,19,20). The number of aromatic nitrogens is 2. The van der Waals surface area contributed by atoms with Crippen LogP contribution >= 0.6 is 11.8 Å². The lowest BCUT2D eigenvalue weighted by atomic mass is 10.2. The molecule has 0 fully saturated rings. The van der Waals surface area contributed by atoms with E-state index >= 15 is 0 Å². The molecular formula is C15H21N3O2S. The number of imidazole rings is 1. The maximum Gasteiger partial charge on any atom is 0.320 e. The molecule has 0 aliphatic carbocycles. The van der Waals surface area contributed by atoms with Crippen molar-refractivity contribution in [3.05, 3.63) is 23.8 Å². The summed E-state index contributed by atoms with van der Waals surface area (Å²) >= 11 is 1.55. The van der Waals surface area contributed by atoms with Crippen LogP contribution in [0.15, 0.2) is 23.4 Å². The Morgan fingerprint density at radius 2 is 2.24 bits per heavy atom. The summed E-state index contributed by atoms with van der Waals surface area (Å²) in [5.74, 6) is -0.0975. The number of rotatable bonds is 7. The van der Waals surface area contributed by atoms with Gasteiger partial charge in [-0.3, -0.25) is 4.79 Å². The maximum atomic E-state index is 11.2. The van der Waals surface area contributed by atoms with E-state index in [0.717, 1.165) is 16.2 Å². The van der Waals surface area contributed by atoms with Crippen LogP contribution in [0.1, 0.15) is 25.8 Å². The highest BCUT2D eigenvalue weighted by Crippen LogP contribution is 2.21. The minimum Gasteiger partial charge on any atom is -0.480 e. The number of carbonyl (C=O) groups is 1. The van der Waals surface area contributed by atoms with Gasteiger partial charge in [0.25, 0.3) is 0 Å². The second kappa shape index (κ2) is 6.95. The van der Waals surface area contributed by atoms with Crippen molar-refractivity contribution in [2.45, 2.75) is 44.4 Å². The fourth-order valence-electron chi connectivity index (χ4n) is 2.12. The summed E-state index contributed by atoms with van der Waals surface area (Å²) in [6.45, 7) is 5.94. The average molecular weight is 307 g/mol. The quantitative estimate of drug-likeness (QED) is 0.686. The summed E-state index contributed by atoms with van der Waals surface area (Å²) < 4.78 is 0. The number of aryl methyl sites for hydroxylation is 1. The number of thioether (sulfide) groups is 1. The van der Waals surface area contributed by atoms with E-state index < -0.39 is 12.0 Å². The molecule has 0 saturated carbocycles. The van der Waals surface area contributed by atoms with E-state index in [9.17, 15) is 4.79 Å². The molecule has 0 amide bonds. The third kappa shape index (κ3) is 4.47. The zero-order valence-corrected chi connectivity index (χ0v) is 13.3. The summed E-state index contributed by atoms with van der Waals surface area (Å²) in [7, 11) is 0. The van der Waals surface area contributed by atoms with Crippen LogP contribution < -0.4 is 5.32 Å². The largest absolute Gasteiger partial charge is 0.480 e. The first-order chi connectivity index (χ1) is 9.95. The summed E-state index contributed by atoms with van der Waals surface area (Å²) in [6.07, 6.45) is 0.564. The van der Waals surface area contributed by atoms with Gasteiger partial charge >= 0.3 is 5.97 Å². The number of aromatic amines is 1. The molecule has 1 aromatic carbocycles. The Hall–Kier alpha value is -1.53. The Morgan fingerprint density at radius 3 is 2.90 bits per heavy atom. The molecule has 0 saturated heterocycles. The minimum atomic E-state index is -0.801. The first-order valence-corrected chi connectivity index (χ1v) is 8.02. The molecule has 114 valence electrons. The van der Waals surface area contributed by atoms with Crippen molar-refractivity contribution >= 4 is 28.8 Å². The van der Waals surface area contributed by atoms with E-state index in [1.54, 1.807) is 11.8 Å². The van der Waals surface area contributed by atoms with Crippen molar-refractivity contribution < 1.29 is 9.90 Å². The van der Waals surface area contributed by atoms with Crippen molar-refractivity contribution in [3.63, 3.8) is 0 Å². The highest BCUT2D eigenvalue weighted by Gasteiger charge is 2.17. The van der Waals surface area contributed by atoms with Crippen LogP contribution in [0.4, 0.5) is 0 Å². The highest BCUT2D eigenvalue weighted by atomic mass is 32.2. The van der Waals surface area contributed by atoms with Gasteiger partial charge in [-0.05, 0) is 31.0 Å². The lowest BCUT2D eigenvalue weighted by molar-refractivity contribution is -0.139. The molecule has 2 aromatic rings. The molecule has 0 bridgehead atoms. The lowest BCUT2D eigenvalue weighted by Crippen LogP contribution is -2.41. The van der Waals surface area contributed by atoms with Crippen LogP contribution in [0.25, 0.3) is 11.0 Å². The van der Waals surface area contributed by atoms with Crippen LogP contribution in [0.3, 0.4) is 0 Å². The SMILES string of the molecule is Cc1ccc2nc(SCCC(NC(C)C)C(=O)O)[nH]c2c1. The lowest BCUT2D eigenvalue weighted by Gasteiger charge is -2.16. The number of aliphatic carboxylic acids is 1. The number of benzene rings is 1. The summed E-state index contributed by atoms with van der Waals surface area (Å²) in [6, 6.07) is 5.73. The number of carboxylic acids is 1. The van der Waals surface area contributed by atoms with Crippen molar-refractivity contribution in [2.75, 3.05) is 5.75 Å². The van der Waals surface area contributed by atoms with Crippen LogP contribution in [0.2, 0.25) is 0 Å². The van der Waals surface area contributed by atoms with Crippen LogP contribution in [-0.4, -0.2) is 38.9 Å². The summed E-state index contributed by atoms with van der Waals surface area (Å²) in [5, 5.41) is 13.1. The normalized spacial score (nSPS) is 13.0. The number of nitrogens with one attached hydrogen (secondary N) is 2. The molecule has 6 heteroatoms. The van der Waals surface area contributed by atoms with Gasteiger partial charge in [-0.1, -0.05) is 31.7 Å². The highest BCUT2D eigenvalue weighted by molar-refractivity contribution is 7.99. The second-order valence-corrected chi connectivity index (χ2v) is 6.50. The van der Waals surface area contributed by atoms with Crippen molar-refractivity contribution in [1.29, 1.82) is 0 Å². The molecule has 0 spiro atoms. The number of hydrogen-bond acceptors (Lipinski definition) is 4. The van der Waals surface area contributed by atoms with E-state index in [0.29, 0.717) is 12.2 Å². The first kappa shape index (κ1) is 15.9. The van der Waals surface area contributed by atoms with E-state index in [-0.39, 0.29) is 6.04 Å². The van der Waals surface area contributed by atoms with E-state index in [4.69, 9.17) is 5.11 Å². The van der Waals surface area contributed by atoms with Gasteiger partial charge in [-0.2, -0.15) is 0 Å². The fourth-order valence-corrected chi connectivity index (χ4v) is 3.01. The average Bonchev–Trinajstić information content (AvgIpc) is 2.78. The Morgan fingerprint density at radius 1 is 1.48 bits per heavy atom. The Labute approximate surface area is 128 Å². The molecule has 0 radical (unpaired) electrons. The number of H-pyrrole nitrogens is 1. The first-order valence-electron chi connectivity index (χ1n) is 7.03. The zero-order chi connectivity index (χ0) is 15.4. The maximum absolute atomic E-state index is 11.2. The number of nitrogens with zero attached hydrogens (tertiary/aromatic N) is 1. The molecule has 0 aliphatic rings. The van der Waals surface area contributed by atoms with Gasteiger partial charge in [0, 0.05) is 11.8 Å². The van der Waals surface area contributed by atoms with Gasteiger partial charge in [0.15, 0.2) is 5.16 Å². The summed E-state index contributed by atoms with van der Waals surface area (Å²) in [4.78, 5) is 18.9. The monoisotopic (exact) mass is 307 g/mol. The third-order valence-corrected chi connectivity index (χ3v) is 4.00. The zero-order valence-electron chi connectivity index (χ0n) is 12.5. The summed E-state index contributed by atoms with van der Waals surface area (Å²) in [5.41, 5.74) is 3.15. The third-order valence-electron chi connectivity index (χ3n) is 3.09. The molecule has 1 heterocycles. The second-order valence-electron chi connectivity index (χ2n) is 5.41. The van der Waals surface area contributed by atoms with E-state index in [1.807, 2.05) is 32.9 Å². The molecule has 1 unspecified atom stereocenters. The predicted molar refractivity (Wildman–Crippen MR) is 85.9 cm³/mol.